The Balaban J connectivity index is 3.10. The number of hydrogen-bond donors (Lipinski definition) is 2. The van der Waals surface area contributed by atoms with Crippen LogP contribution in [-0.4, -0.2) is 23.9 Å². The zero-order valence-corrected chi connectivity index (χ0v) is 11.1. The van der Waals surface area contributed by atoms with Gasteiger partial charge in [0.1, 0.15) is 5.75 Å². The molecule has 0 radical (unpaired) electrons. The number of rotatable bonds is 5. The minimum atomic E-state index is 0.0775. The standard InChI is InChI=1S/C12H18N2O2S/c1-8(2)7-16-9-5-4-6-10(17-3)11(9)12(13)14-15/h4-6,8,15H,7H2,1-3H3,(H2,13,14). The highest BCUT2D eigenvalue weighted by atomic mass is 32.2. The third-order valence-electron chi connectivity index (χ3n) is 2.14. The molecular weight excluding hydrogens is 236 g/mol. The Morgan fingerprint density at radius 1 is 1.53 bits per heavy atom. The van der Waals surface area contributed by atoms with Gasteiger partial charge in [-0.25, -0.2) is 0 Å². The summed E-state index contributed by atoms with van der Waals surface area (Å²) in [4.78, 5) is 0.932. The van der Waals surface area contributed by atoms with E-state index in [2.05, 4.69) is 19.0 Å². The van der Waals surface area contributed by atoms with Crippen molar-refractivity contribution in [1.29, 1.82) is 0 Å². The van der Waals surface area contributed by atoms with Crippen molar-refractivity contribution in [3.05, 3.63) is 23.8 Å². The Morgan fingerprint density at radius 3 is 2.76 bits per heavy atom. The van der Waals surface area contributed by atoms with Crippen molar-refractivity contribution >= 4 is 17.6 Å². The molecule has 0 aliphatic carbocycles. The zero-order valence-electron chi connectivity index (χ0n) is 10.3. The van der Waals surface area contributed by atoms with Crippen LogP contribution in [0.25, 0.3) is 0 Å². The maximum Gasteiger partial charge on any atom is 0.174 e. The van der Waals surface area contributed by atoms with Gasteiger partial charge in [0.15, 0.2) is 5.84 Å². The van der Waals surface area contributed by atoms with Gasteiger partial charge in [-0.2, -0.15) is 0 Å². The van der Waals surface area contributed by atoms with E-state index in [0.29, 0.717) is 23.8 Å². The molecule has 0 unspecified atom stereocenters. The molecule has 0 aromatic heterocycles. The molecule has 0 bridgehead atoms. The van der Waals surface area contributed by atoms with Crippen LogP contribution in [0.5, 0.6) is 5.75 Å². The molecule has 17 heavy (non-hydrogen) atoms. The predicted octanol–water partition coefficient (Wildman–Crippen LogP) is 2.54. The van der Waals surface area contributed by atoms with Crippen LogP contribution in [0, 0.1) is 5.92 Å². The molecule has 0 heterocycles. The molecule has 0 amide bonds. The van der Waals surface area contributed by atoms with Gasteiger partial charge < -0.3 is 15.7 Å². The lowest BCUT2D eigenvalue weighted by Crippen LogP contribution is -2.17. The topological polar surface area (TPSA) is 67.8 Å². The zero-order chi connectivity index (χ0) is 12.8. The number of nitrogens with zero attached hydrogens (tertiary/aromatic N) is 1. The minimum absolute atomic E-state index is 0.0775. The van der Waals surface area contributed by atoms with E-state index in [1.807, 2.05) is 24.5 Å². The van der Waals surface area contributed by atoms with Gasteiger partial charge in [0, 0.05) is 4.90 Å². The van der Waals surface area contributed by atoms with Gasteiger partial charge >= 0.3 is 0 Å². The molecule has 0 saturated heterocycles. The highest BCUT2D eigenvalue weighted by molar-refractivity contribution is 7.98. The lowest BCUT2D eigenvalue weighted by atomic mass is 10.2. The summed E-state index contributed by atoms with van der Waals surface area (Å²) >= 11 is 1.54. The molecule has 4 nitrogen and oxygen atoms in total. The van der Waals surface area contributed by atoms with E-state index in [9.17, 15) is 0 Å². The molecule has 94 valence electrons. The first kappa shape index (κ1) is 13.7. The van der Waals surface area contributed by atoms with E-state index >= 15 is 0 Å². The summed E-state index contributed by atoms with van der Waals surface area (Å²) in [6.07, 6.45) is 1.94. The summed E-state index contributed by atoms with van der Waals surface area (Å²) in [5.41, 5.74) is 6.34. The predicted molar refractivity (Wildman–Crippen MR) is 71.1 cm³/mol. The lowest BCUT2D eigenvalue weighted by molar-refractivity contribution is 0.269. The van der Waals surface area contributed by atoms with Crippen LogP contribution < -0.4 is 10.5 Å². The van der Waals surface area contributed by atoms with Gasteiger partial charge in [0.05, 0.1) is 12.2 Å². The Kier molecular flexibility index (Phi) is 5.15. The van der Waals surface area contributed by atoms with Crippen molar-refractivity contribution in [1.82, 2.24) is 0 Å². The number of benzene rings is 1. The van der Waals surface area contributed by atoms with Crippen LogP contribution in [0.1, 0.15) is 19.4 Å². The Morgan fingerprint density at radius 2 is 2.24 bits per heavy atom. The maximum absolute atomic E-state index is 8.81. The van der Waals surface area contributed by atoms with Gasteiger partial charge in [-0.15, -0.1) is 11.8 Å². The summed E-state index contributed by atoms with van der Waals surface area (Å²) in [6, 6.07) is 5.64. The summed E-state index contributed by atoms with van der Waals surface area (Å²) < 4.78 is 5.68. The van der Waals surface area contributed by atoms with Crippen LogP contribution in [0.4, 0.5) is 0 Å². The number of nitrogens with two attached hydrogens (primary N) is 1. The molecule has 0 aliphatic heterocycles. The first-order valence-corrected chi connectivity index (χ1v) is 6.60. The molecule has 0 fully saturated rings. The molecule has 0 spiro atoms. The van der Waals surface area contributed by atoms with Crippen LogP contribution >= 0.6 is 11.8 Å². The van der Waals surface area contributed by atoms with Crippen LogP contribution in [0.2, 0.25) is 0 Å². The van der Waals surface area contributed by atoms with Crippen LogP contribution in [-0.2, 0) is 0 Å². The van der Waals surface area contributed by atoms with Crippen molar-refractivity contribution in [3.63, 3.8) is 0 Å². The number of ether oxygens (including phenoxy) is 1. The fourth-order valence-corrected chi connectivity index (χ4v) is 1.98. The number of amidine groups is 1. The van der Waals surface area contributed by atoms with Gasteiger partial charge in [-0.1, -0.05) is 25.1 Å². The molecule has 1 aromatic rings. The SMILES string of the molecule is CSc1cccc(OCC(C)C)c1/C(N)=N/O. The average Bonchev–Trinajstić information content (AvgIpc) is 2.34. The van der Waals surface area contributed by atoms with Gasteiger partial charge in [-0.05, 0) is 24.3 Å². The molecule has 0 atom stereocenters. The number of thioether (sulfide) groups is 1. The molecule has 0 aliphatic rings. The summed E-state index contributed by atoms with van der Waals surface area (Å²) in [5, 5.41) is 11.9. The first-order valence-electron chi connectivity index (χ1n) is 5.37. The third kappa shape index (κ3) is 3.56. The Hall–Kier alpha value is -1.36. The molecule has 1 aromatic carbocycles. The number of oxime groups is 1. The molecule has 5 heteroatoms. The summed E-state index contributed by atoms with van der Waals surface area (Å²) in [7, 11) is 0. The van der Waals surface area contributed by atoms with E-state index in [0.717, 1.165) is 4.90 Å². The normalized spacial score (nSPS) is 11.9. The Bertz CT molecular complexity index is 405. The maximum atomic E-state index is 8.81. The van der Waals surface area contributed by atoms with E-state index < -0.39 is 0 Å². The monoisotopic (exact) mass is 254 g/mol. The fourth-order valence-electron chi connectivity index (χ4n) is 1.36. The lowest BCUT2D eigenvalue weighted by Gasteiger charge is -2.14. The summed E-state index contributed by atoms with van der Waals surface area (Å²) in [5.74, 6) is 1.16. The van der Waals surface area contributed by atoms with Gasteiger partial charge in [0.25, 0.3) is 0 Å². The second-order valence-electron chi connectivity index (χ2n) is 4.02. The van der Waals surface area contributed by atoms with Crippen molar-refractivity contribution < 1.29 is 9.94 Å². The second-order valence-corrected chi connectivity index (χ2v) is 4.87. The molecular formula is C12H18N2O2S. The smallest absolute Gasteiger partial charge is 0.174 e. The first-order chi connectivity index (χ1) is 8.10. The van der Waals surface area contributed by atoms with Crippen molar-refractivity contribution in [2.24, 2.45) is 16.8 Å². The fraction of sp³-hybridized carbons (Fsp3) is 0.417. The van der Waals surface area contributed by atoms with Crippen LogP contribution in [0.15, 0.2) is 28.3 Å². The number of hydrogen-bond acceptors (Lipinski definition) is 4. The van der Waals surface area contributed by atoms with E-state index in [1.54, 1.807) is 0 Å². The highest BCUT2D eigenvalue weighted by Gasteiger charge is 2.13. The summed E-state index contributed by atoms with van der Waals surface area (Å²) in [6.45, 7) is 4.74. The van der Waals surface area contributed by atoms with Gasteiger partial charge in [-0.3, -0.25) is 0 Å². The van der Waals surface area contributed by atoms with E-state index in [-0.39, 0.29) is 5.84 Å². The minimum Gasteiger partial charge on any atom is -0.493 e. The molecule has 0 saturated carbocycles. The van der Waals surface area contributed by atoms with Gasteiger partial charge in [0.2, 0.25) is 0 Å². The molecule has 1 rings (SSSR count). The van der Waals surface area contributed by atoms with Crippen molar-refractivity contribution in [2.45, 2.75) is 18.7 Å². The largest absolute Gasteiger partial charge is 0.493 e. The van der Waals surface area contributed by atoms with E-state index in [1.165, 1.54) is 11.8 Å². The van der Waals surface area contributed by atoms with Crippen molar-refractivity contribution in [2.75, 3.05) is 12.9 Å². The van der Waals surface area contributed by atoms with Crippen molar-refractivity contribution in [3.8, 4) is 5.75 Å². The van der Waals surface area contributed by atoms with E-state index in [4.69, 9.17) is 15.7 Å². The molecule has 3 N–H and O–H groups in total. The Labute approximate surface area is 106 Å². The second kappa shape index (κ2) is 6.39. The highest BCUT2D eigenvalue weighted by Crippen LogP contribution is 2.28. The average molecular weight is 254 g/mol. The quantitative estimate of drug-likeness (QED) is 0.278. The third-order valence-corrected chi connectivity index (χ3v) is 2.92. The van der Waals surface area contributed by atoms with Crippen LogP contribution in [0.3, 0.4) is 0 Å².